The average molecular weight is 458 g/mol. The van der Waals surface area contributed by atoms with Gasteiger partial charge in [-0.25, -0.2) is 9.97 Å². The molecule has 1 fully saturated rings. The summed E-state index contributed by atoms with van der Waals surface area (Å²) in [6.45, 7) is 2.24. The number of aromatic nitrogens is 3. The fourth-order valence-corrected chi connectivity index (χ4v) is 5.66. The highest BCUT2D eigenvalue weighted by atomic mass is 32.2. The molecule has 2 heterocycles. The Bertz CT molecular complexity index is 1240. The first-order valence-corrected chi connectivity index (χ1v) is 12.2. The fraction of sp³-hybridized carbons (Fsp3) is 0.455. The lowest BCUT2D eigenvalue weighted by atomic mass is 10.0. The predicted octanol–water partition coefficient (Wildman–Crippen LogP) is 2.32. The van der Waals surface area contributed by atoms with Gasteiger partial charge in [0.1, 0.15) is 23.9 Å². The quantitative estimate of drug-likeness (QED) is 0.520. The van der Waals surface area contributed by atoms with Crippen LogP contribution in [0, 0.1) is 5.92 Å². The zero-order valence-electron chi connectivity index (χ0n) is 18.0. The van der Waals surface area contributed by atoms with Crippen LogP contribution in [0.15, 0.2) is 42.9 Å². The molecular formula is C22H27N5O4S. The topological polar surface area (TPSA) is 118 Å². The van der Waals surface area contributed by atoms with Gasteiger partial charge in [-0.05, 0) is 42.4 Å². The van der Waals surface area contributed by atoms with Gasteiger partial charge < -0.3 is 15.0 Å². The molecule has 3 aromatic rings. The van der Waals surface area contributed by atoms with E-state index in [1.165, 1.54) is 24.5 Å². The van der Waals surface area contributed by atoms with Crippen LogP contribution in [0.3, 0.4) is 0 Å². The Morgan fingerprint density at radius 3 is 2.81 bits per heavy atom. The minimum Gasteiger partial charge on any atom is -0.390 e. The van der Waals surface area contributed by atoms with Gasteiger partial charge in [-0.15, -0.1) is 0 Å². The molecular weight excluding hydrogens is 430 g/mol. The second kappa shape index (κ2) is 8.11. The van der Waals surface area contributed by atoms with Crippen LogP contribution in [-0.4, -0.2) is 47.3 Å². The summed E-state index contributed by atoms with van der Waals surface area (Å²) in [5, 5.41) is 14.9. The molecule has 0 spiro atoms. The van der Waals surface area contributed by atoms with Gasteiger partial charge in [-0.3, -0.25) is 4.18 Å². The van der Waals surface area contributed by atoms with Crippen LogP contribution in [0.2, 0.25) is 0 Å². The van der Waals surface area contributed by atoms with Crippen molar-refractivity contribution >= 4 is 27.2 Å². The van der Waals surface area contributed by atoms with Crippen molar-refractivity contribution in [2.45, 2.75) is 50.5 Å². The second-order valence-corrected chi connectivity index (χ2v) is 10.2. The van der Waals surface area contributed by atoms with Crippen LogP contribution in [-0.2, 0) is 20.9 Å². The van der Waals surface area contributed by atoms with Crippen LogP contribution < -0.4 is 10.0 Å². The van der Waals surface area contributed by atoms with E-state index < -0.39 is 22.5 Å². The molecule has 5 rings (SSSR count). The standard InChI is InChI=1S/C22H27N5O4S/c1-13-9-14-5-3-4-6-16(14)20(13)26-21-17-7-8-27(22(17)25-12-24-21)15-10-18(28)19(11-15)31-32(29,30)23-2/h3-8,12-13,15,18-20,23,28H,9-11H2,1-2H3,(H,24,25,26)/t13-,15+,18-,19-,20-/m1/s1. The van der Waals surface area contributed by atoms with Gasteiger partial charge >= 0.3 is 10.3 Å². The lowest BCUT2D eigenvalue weighted by molar-refractivity contribution is 0.0635. The summed E-state index contributed by atoms with van der Waals surface area (Å²) in [4.78, 5) is 8.99. The molecule has 1 aromatic carbocycles. The maximum atomic E-state index is 11.7. The van der Waals surface area contributed by atoms with Crippen molar-refractivity contribution in [3.63, 3.8) is 0 Å². The Kier molecular flexibility index (Phi) is 5.40. The Morgan fingerprint density at radius 2 is 2.00 bits per heavy atom. The third-order valence-corrected chi connectivity index (χ3v) is 7.64. The molecule has 0 saturated heterocycles. The van der Waals surface area contributed by atoms with E-state index in [4.69, 9.17) is 4.18 Å². The fourth-order valence-electron chi connectivity index (χ4n) is 5.04. The lowest BCUT2D eigenvalue weighted by Crippen LogP contribution is -2.31. The first-order chi connectivity index (χ1) is 15.4. The smallest absolute Gasteiger partial charge is 0.335 e. The van der Waals surface area contributed by atoms with E-state index >= 15 is 0 Å². The molecule has 0 radical (unpaired) electrons. The summed E-state index contributed by atoms with van der Waals surface area (Å²) in [5.41, 5.74) is 3.41. The molecule has 32 heavy (non-hydrogen) atoms. The molecule has 0 unspecified atom stereocenters. The third-order valence-electron chi connectivity index (χ3n) is 6.64. The summed E-state index contributed by atoms with van der Waals surface area (Å²) in [6.07, 6.45) is 3.56. The zero-order chi connectivity index (χ0) is 22.5. The molecule has 1 saturated carbocycles. The van der Waals surface area contributed by atoms with E-state index in [0.29, 0.717) is 18.8 Å². The first-order valence-electron chi connectivity index (χ1n) is 10.8. The highest BCUT2D eigenvalue weighted by molar-refractivity contribution is 7.84. The van der Waals surface area contributed by atoms with Crippen molar-refractivity contribution in [3.8, 4) is 0 Å². The average Bonchev–Trinajstić information content (AvgIpc) is 3.44. The van der Waals surface area contributed by atoms with Crippen molar-refractivity contribution in [2.75, 3.05) is 12.4 Å². The predicted molar refractivity (Wildman–Crippen MR) is 120 cm³/mol. The maximum Gasteiger partial charge on any atom is 0.335 e. The van der Waals surface area contributed by atoms with E-state index in [1.807, 2.05) is 16.8 Å². The highest BCUT2D eigenvalue weighted by Gasteiger charge is 2.38. The van der Waals surface area contributed by atoms with Crippen molar-refractivity contribution < 1.29 is 17.7 Å². The van der Waals surface area contributed by atoms with E-state index in [2.05, 4.69) is 51.2 Å². The van der Waals surface area contributed by atoms with Gasteiger partial charge in [-0.1, -0.05) is 31.2 Å². The molecule has 3 N–H and O–H groups in total. The molecule has 0 aliphatic heterocycles. The molecule has 5 atom stereocenters. The Morgan fingerprint density at radius 1 is 1.19 bits per heavy atom. The van der Waals surface area contributed by atoms with Crippen LogP contribution in [0.4, 0.5) is 5.82 Å². The monoisotopic (exact) mass is 457 g/mol. The normalized spacial score (nSPS) is 27.7. The van der Waals surface area contributed by atoms with Gasteiger partial charge in [0, 0.05) is 19.3 Å². The van der Waals surface area contributed by atoms with Crippen molar-refractivity contribution in [1.29, 1.82) is 0 Å². The largest absolute Gasteiger partial charge is 0.390 e. The van der Waals surface area contributed by atoms with Crippen molar-refractivity contribution in [1.82, 2.24) is 19.3 Å². The summed E-state index contributed by atoms with van der Waals surface area (Å²) in [6, 6.07) is 10.5. The van der Waals surface area contributed by atoms with Crippen LogP contribution in [0.25, 0.3) is 11.0 Å². The number of benzene rings is 1. The van der Waals surface area contributed by atoms with Crippen molar-refractivity contribution in [2.24, 2.45) is 5.92 Å². The first kappa shape index (κ1) is 21.3. The molecule has 0 bridgehead atoms. The summed E-state index contributed by atoms with van der Waals surface area (Å²) in [5.74, 6) is 1.21. The van der Waals surface area contributed by atoms with Gasteiger partial charge in [0.2, 0.25) is 0 Å². The minimum atomic E-state index is -3.88. The molecule has 10 heteroatoms. The molecule has 9 nitrogen and oxygen atoms in total. The van der Waals surface area contributed by atoms with E-state index in [9.17, 15) is 13.5 Å². The van der Waals surface area contributed by atoms with Crippen LogP contribution in [0.5, 0.6) is 0 Å². The summed E-state index contributed by atoms with van der Waals surface area (Å²) < 4.78 is 32.7. The molecule has 170 valence electrons. The number of nitrogens with one attached hydrogen (secondary N) is 2. The molecule has 2 aliphatic rings. The van der Waals surface area contributed by atoms with Gasteiger partial charge in [0.05, 0.1) is 17.5 Å². The van der Waals surface area contributed by atoms with Crippen molar-refractivity contribution in [3.05, 3.63) is 54.0 Å². The van der Waals surface area contributed by atoms with E-state index in [1.54, 1.807) is 0 Å². The number of aliphatic hydroxyl groups excluding tert-OH is 1. The maximum absolute atomic E-state index is 11.7. The zero-order valence-corrected chi connectivity index (χ0v) is 18.8. The van der Waals surface area contributed by atoms with E-state index in [-0.39, 0.29) is 12.1 Å². The third kappa shape index (κ3) is 3.77. The number of rotatable bonds is 6. The highest BCUT2D eigenvalue weighted by Crippen LogP contribution is 2.40. The Hall–Kier alpha value is -2.53. The number of aliphatic hydroxyl groups is 1. The number of hydrogen-bond acceptors (Lipinski definition) is 7. The van der Waals surface area contributed by atoms with Crippen LogP contribution in [0.1, 0.15) is 43.0 Å². The number of nitrogens with zero attached hydrogens (tertiary/aromatic N) is 3. The Balaban J connectivity index is 1.41. The molecule has 2 aromatic heterocycles. The number of hydrogen-bond donors (Lipinski definition) is 3. The number of fused-ring (bicyclic) bond motifs is 2. The van der Waals surface area contributed by atoms with Gasteiger partial charge in [-0.2, -0.15) is 13.1 Å². The molecule has 0 amide bonds. The SMILES string of the molecule is CNS(=O)(=O)O[C@@H]1C[C@@H](n2ccc3c(N[C@H]4c5ccccc5C[C@H]4C)ncnc32)C[C@H]1O. The van der Waals surface area contributed by atoms with Gasteiger partial charge in [0.25, 0.3) is 0 Å². The van der Waals surface area contributed by atoms with Crippen LogP contribution >= 0.6 is 0 Å². The molecule has 2 aliphatic carbocycles. The summed E-state index contributed by atoms with van der Waals surface area (Å²) in [7, 11) is -2.59. The summed E-state index contributed by atoms with van der Waals surface area (Å²) >= 11 is 0. The van der Waals surface area contributed by atoms with Gasteiger partial charge in [0.15, 0.2) is 0 Å². The number of anilines is 1. The lowest BCUT2D eigenvalue weighted by Gasteiger charge is -2.20. The Labute approximate surface area is 187 Å². The minimum absolute atomic E-state index is 0.131. The second-order valence-electron chi connectivity index (χ2n) is 8.67. The van der Waals surface area contributed by atoms with E-state index in [0.717, 1.165) is 23.3 Å².